The second-order valence-corrected chi connectivity index (χ2v) is 2.29. The van der Waals surface area contributed by atoms with E-state index in [-0.39, 0.29) is 36.2 Å². The Bertz CT molecular complexity index is 287. The summed E-state index contributed by atoms with van der Waals surface area (Å²) < 4.78 is 0. The molecule has 2 N–H and O–H groups in total. The molecule has 1 rings (SSSR count). The Kier molecular flexibility index (Phi) is 6.97. The van der Waals surface area contributed by atoms with Gasteiger partial charge in [-0.1, -0.05) is 42.2 Å². The van der Waals surface area contributed by atoms with Gasteiger partial charge in [-0.15, -0.1) is 0 Å². The predicted molar refractivity (Wildman–Crippen MR) is 53.4 cm³/mol. The van der Waals surface area contributed by atoms with Crippen LogP contribution in [0.1, 0.15) is 11.7 Å². The zero-order valence-corrected chi connectivity index (χ0v) is 6.57. The molecule has 1 atom stereocenters. The van der Waals surface area contributed by atoms with E-state index in [4.69, 9.17) is 5.11 Å². The first-order valence-corrected chi connectivity index (χ1v) is 3.67. The van der Waals surface area contributed by atoms with Crippen LogP contribution in [0.15, 0.2) is 30.3 Å². The normalized spacial score (nSPS) is 10.6. The molecule has 64 valence electrons. The van der Waals surface area contributed by atoms with Crippen molar-refractivity contribution in [1.29, 1.82) is 0 Å². The molecule has 0 radical (unpaired) electrons. The molecule has 0 saturated heterocycles. The van der Waals surface area contributed by atoms with E-state index in [2.05, 4.69) is 11.8 Å². The third-order valence-electron chi connectivity index (χ3n) is 1.43. The van der Waals surface area contributed by atoms with Crippen LogP contribution in [0, 0.1) is 11.8 Å². The molecule has 0 fully saturated rings. The fourth-order valence-electron chi connectivity index (χ4n) is 0.861. The molecule has 0 aliphatic carbocycles. The van der Waals surface area contributed by atoms with Crippen LogP contribution in [0.2, 0.25) is 0 Å². The first kappa shape index (κ1) is 12.7. The van der Waals surface area contributed by atoms with E-state index in [9.17, 15) is 5.11 Å². The predicted octanol–water partition coefficient (Wildman–Crippen LogP) is 0.0672. The SMILES string of the molecule is OCC#CC(O)c1ccccc1.[NaH]. The van der Waals surface area contributed by atoms with Crippen LogP contribution in [0.25, 0.3) is 0 Å². The first-order chi connectivity index (χ1) is 5.84. The molecule has 0 aromatic heterocycles. The van der Waals surface area contributed by atoms with Gasteiger partial charge in [-0.2, -0.15) is 0 Å². The summed E-state index contributed by atoms with van der Waals surface area (Å²) in [6, 6.07) is 9.11. The maximum atomic E-state index is 9.37. The van der Waals surface area contributed by atoms with E-state index in [1.807, 2.05) is 18.2 Å². The van der Waals surface area contributed by atoms with Gasteiger partial charge in [0.2, 0.25) is 0 Å². The fourth-order valence-corrected chi connectivity index (χ4v) is 0.861. The van der Waals surface area contributed by atoms with Crippen molar-refractivity contribution in [2.45, 2.75) is 6.10 Å². The molecule has 1 unspecified atom stereocenters. The van der Waals surface area contributed by atoms with Gasteiger partial charge in [0.15, 0.2) is 0 Å². The topological polar surface area (TPSA) is 40.5 Å². The summed E-state index contributed by atoms with van der Waals surface area (Å²) in [5.74, 6) is 4.91. The third kappa shape index (κ3) is 4.47. The Morgan fingerprint density at radius 3 is 2.38 bits per heavy atom. The molecule has 0 heterocycles. The first-order valence-electron chi connectivity index (χ1n) is 3.67. The molecule has 2 nitrogen and oxygen atoms in total. The van der Waals surface area contributed by atoms with Gasteiger partial charge in [-0.3, -0.25) is 0 Å². The van der Waals surface area contributed by atoms with Crippen LogP contribution >= 0.6 is 0 Å². The Morgan fingerprint density at radius 1 is 1.23 bits per heavy atom. The molecule has 3 heteroatoms. The molecule has 1 aromatic carbocycles. The van der Waals surface area contributed by atoms with Crippen LogP contribution < -0.4 is 0 Å². The van der Waals surface area contributed by atoms with Crippen LogP contribution in [0.5, 0.6) is 0 Å². The van der Waals surface area contributed by atoms with Crippen molar-refractivity contribution in [1.82, 2.24) is 0 Å². The Balaban J connectivity index is 0.00000144. The van der Waals surface area contributed by atoms with E-state index in [0.29, 0.717) is 0 Å². The van der Waals surface area contributed by atoms with Crippen molar-refractivity contribution in [3.63, 3.8) is 0 Å². The minimum atomic E-state index is -0.793. The number of hydrogen-bond acceptors (Lipinski definition) is 2. The standard InChI is InChI=1S/C10H10O2.Na.H/c11-8-4-7-10(12)9-5-2-1-3-6-9;;/h1-3,5-6,10-12H,8H2;;. The second kappa shape index (κ2) is 7.14. The number of rotatable bonds is 1. The van der Waals surface area contributed by atoms with Crippen LogP contribution in [0.3, 0.4) is 0 Å². The zero-order valence-electron chi connectivity index (χ0n) is 6.57. The van der Waals surface area contributed by atoms with E-state index < -0.39 is 6.10 Å². The summed E-state index contributed by atoms with van der Waals surface area (Å²) in [5, 5.41) is 17.7. The summed E-state index contributed by atoms with van der Waals surface area (Å²) in [6.45, 7) is -0.218. The Hall–Kier alpha value is -0.300. The van der Waals surface area contributed by atoms with Gasteiger partial charge in [0.1, 0.15) is 12.7 Å². The molecule has 1 aromatic rings. The van der Waals surface area contributed by atoms with Crippen molar-refractivity contribution in [3.05, 3.63) is 35.9 Å². The maximum absolute atomic E-state index is 9.37. The third-order valence-corrected chi connectivity index (χ3v) is 1.43. The monoisotopic (exact) mass is 186 g/mol. The number of aliphatic hydroxyl groups is 2. The molecule has 13 heavy (non-hydrogen) atoms. The molecule has 0 aliphatic heterocycles. The molecule has 0 amide bonds. The Labute approximate surface area is 99.9 Å². The summed E-state index contributed by atoms with van der Waals surface area (Å²) in [4.78, 5) is 0. The van der Waals surface area contributed by atoms with Crippen molar-refractivity contribution in [2.24, 2.45) is 0 Å². The van der Waals surface area contributed by atoms with Crippen LogP contribution in [0.4, 0.5) is 0 Å². The molecule has 0 saturated carbocycles. The van der Waals surface area contributed by atoms with Gasteiger partial charge in [-0.05, 0) is 5.56 Å². The summed E-state index contributed by atoms with van der Waals surface area (Å²) in [5.41, 5.74) is 0.749. The minimum absolute atomic E-state index is 0. The van der Waals surface area contributed by atoms with E-state index >= 15 is 0 Å². The van der Waals surface area contributed by atoms with E-state index in [1.165, 1.54) is 0 Å². The van der Waals surface area contributed by atoms with Crippen LogP contribution in [-0.2, 0) is 0 Å². The van der Waals surface area contributed by atoms with E-state index in [1.54, 1.807) is 12.1 Å². The number of hydrogen-bond donors (Lipinski definition) is 2. The average Bonchev–Trinajstić information content (AvgIpc) is 2.15. The molecular weight excluding hydrogens is 175 g/mol. The van der Waals surface area contributed by atoms with Gasteiger partial charge in [0.25, 0.3) is 0 Å². The van der Waals surface area contributed by atoms with Crippen molar-refractivity contribution in [2.75, 3.05) is 6.61 Å². The molecule has 0 spiro atoms. The van der Waals surface area contributed by atoms with Crippen molar-refractivity contribution in [3.8, 4) is 11.8 Å². The molecule has 0 aliphatic rings. The zero-order chi connectivity index (χ0) is 8.81. The number of benzene rings is 1. The molecule has 0 bridgehead atoms. The van der Waals surface area contributed by atoms with Crippen molar-refractivity contribution < 1.29 is 10.2 Å². The van der Waals surface area contributed by atoms with E-state index in [0.717, 1.165) is 5.56 Å². The quantitative estimate of drug-likeness (QED) is 0.481. The van der Waals surface area contributed by atoms with Gasteiger partial charge < -0.3 is 10.2 Å². The fraction of sp³-hybridized carbons (Fsp3) is 0.200. The summed E-state index contributed by atoms with van der Waals surface area (Å²) in [7, 11) is 0. The number of aliphatic hydroxyl groups excluding tert-OH is 2. The summed E-state index contributed by atoms with van der Waals surface area (Å²) >= 11 is 0. The van der Waals surface area contributed by atoms with Gasteiger partial charge in [0.05, 0.1) is 0 Å². The Morgan fingerprint density at radius 2 is 1.85 bits per heavy atom. The van der Waals surface area contributed by atoms with Gasteiger partial charge in [-0.25, -0.2) is 0 Å². The van der Waals surface area contributed by atoms with Gasteiger partial charge in [0, 0.05) is 0 Å². The average molecular weight is 186 g/mol. The summed E-state index contributed by atoms with van der Waals surface area (Å²) in [6.07, 6.45) is -0.793. The molecular formula is C10H11NaO2. The second-order valence-electron chi connectivity index (χ2n) is 2.29. The van der Waals surface area contributed by atoms with Crippen molar-refractivity contribution >= 4 is 29.6 Å². The van der Waals surface area contributed by atoms with Crippen LogP contribution in [-0.4, -0.2) is 46.4 Å². The van der Waals surface area contributed by atoms with Gasteiger partial charge >= 0.3 is 29.6 Å².